The van der Waals surface area contributed by atoms with Gasteiger partial charge in [-0.05, 0) is 11.2 Å². The van der Waals surface area contributed by atoms with Crippen LogP contribution in [-0.2, 0) is 6.54 Å². The van der Waals surface area contributed by atoms with E-state index in [0.29, 0.717) is 0 Å². The average Bonchev–Trinajstić information content (AvgIpc) is 2.93. The zero-order valence-corrected chi connectivity index (χ0v) is 11.3. The maximum absolute atomic E-state index is 12.3. The molecule has 0 spiro atoms. The molecule has 6 nitrogen and oxygen atoms in total. The van der Waals surface area contributed by atoms with Crippen molar-refractivity contribution in [2.75, 3.05) is 7.11 Å². The highest BCUT2D eigenvalue weighted by atomic mass is 19.4. The van der Waals surface area contributed by atoms with Gasteiger partial charge in [-0.1, -0.05) is 18.2 Å². The summed E-state index contributed by atoms with van der Waals surface area (Å²) in [6.45, 7) is -0.173. The van der Waals surface area contributed by atoms with Gasteiger partial charge in [0.05, 0.1) is 13.2 Å². The standard InChI is InChI=1S/C13H11F3N2O4/c1-20-11-6-10(22-18-11)12(19)17-7-8-4-2-3-5-9(8)21-13(14,15)16/h2-6H,7H2,1H3,(H,17,19). The number of halogens is 3. The molecule has 0 aliphatic heterocycles. The summed E-state index contributed by atoms with van der Waals surface area (Å²) < 4.78 is 50.2. The van der Waals surface area contributed by atoms with E-state index in [1.807, 2.05) is 0 Å². The van der Waals surface area contributed by atoms with Crippen molar-refractivity contribution in [3.63, 3.8) is 0 Å². The van der Waals surface area contributed by atoms with Crippen molar-refractivity contribution in [3.8, 4) is 11.6 Å². The molecular formula is C13H11F3N2O4. The zero-order chi connectivity index (χ0) is 16.2. The lowest BCUT2D eigenvalue weighted by atomic mass is 10.2. The third kappa shape index (κ3) is 4.14. The molecule has 0 aliphatic carbocycles. The Bertz CT molecular complexity index is 655. The Morgan fingerprint density at radius 2 is 2.09 bits per heavy atom. The van der Waals surface area contributed by atoms with Crippen molar-refractivity contribution in [1.29, 1.82) is 0 Å². The van der Waals surface area contributed by atoms with Gasteiger partial charge in [0.25, 0.3) is 11.8 Å². The number of hydrogen-bond acceptors (Lipinski definition) is 5. The highest BCUT2D eigenvalue weighted by molar-refractivity contribution is 5.91. The lowest BCUT2D eigenvalue weighted by Crippen LogP contribution is -2.24. The molecule has 22 heavy (non-hydrogen) atoms. The fraction of sp³-hybridized carbons (Fsp3) is 0.231. The van der Waals surface area contributed by atoms with Crippen molar-refractivity contribution in [2.24, 2.45) is 0 Å². The summed E-state index contributed by atoms with van der Waals surface area (Å²) in [6.07, 6.45) is -4.81. The van der Waals surface area contributed by atoms with Crippen molar-refractivity contribution >= 4 is 5.91 Å². The predicted octanol–water partition coefficient (Wildman–Crippen LogP) is 2.51. The molecule has 0 bridgehead atoms. The molecule has 0 saturated carbocycles. The monoisotopic (exact) mass is 316 g/mol. The summed E-state index contributed by atoms with van der Waals surface area (Å²) in [5, 5.41) is 5.85. The molecule has 0 atom stereocenters. The summed E-state index contributed by atoms with van der Waals surface area (Å²) in [5.41, 5.74) is 0.166. The van der Waals surface area contributed by atoms with E-state index >= 15 is 0 Å². The number of nitrogens with one attached hydrogen (secondary N) is 1. The minimum Gasteiger partial charge on any atom is -0.479 e. The van der Waals surface area contributed by atoms with Crippen LogP contribution in [0.25, 0.3) is 0 Å². The summed E-state index contributed by atoms with van der Waals surface area (Å²) in [5.74, 6) is -1.03. The molecule has 1 aromatic heterocycles. The molecule has 2 rings (SSSR count). The van der Waals surface area contributed by atoms with Crippen LogP contribution < -0.4 is 14.8 Å². The second kappa shape index (κ2) is 6.37. The highest BCUT2D eigenvalue weighted by Crippen LogP contribution is 2.26. The Morgan fingerprint density at radius 1 is 1.36 bits per heavy atom. The predicted molar refractivity (Wildman–Crippen MR) is 67.4 cm³/mol. The normalized spacial score (nSPS) is 11.1. The number of methoxy groups -OCH3 is 1. The van der Waals surface area contributed by atoms with Gasteiger partial charge in [0.1, 0.15) is 5.75 Å². The zero-order valence-electron chi connectivity index (χ0n) is 11.3. The van der Waals surface area contributed by atoms with Gasteiger partial charge in [-0.2, -0.15) is 0 Å². The topological polar surface area (TPSA) is 73.6 Å². The number of para-hydroxylation sites is 1. The smallest absolute Gasteiger partial charge is 0.479 e. The Labute approximate surface area is 122 Å². The van der Waals surface area contributed by atoms with Gasteiger partial charge >= 0.3 is 6.36 Å². The first-order chi connectivity index (χ1) is 10.4. The van der Waals surface area contributed by atoms with Crippen molar-refractivity contribution in [1.82, 2.24) is 10.5 Å². The van der Waals surface area contributed by atoms with Crippen molar-refractivity contribution < 1.29 is 32.0 Å². The number of carbonyl (C=O) groups excluding carboxylic acids is 1. The van der Waals surface area contributed by atoms with E-state index in [4.69, 9.17) is 9.26 Å². The van der Waals surface area contributed by atoms with E-state index < -0.39 is 12.3 Å². The van der Waals surface area contributed by atoms with Crippen LogP contribution in [-0.4, -0.2) is 24.5 Å². The Morgan fingerprint density at radius 3 is 2.73 bits per heavy atom. The van der Waals surface area contributed by atoms with Crippen LogP contribution in [0.5, 0.6) is 11.6 Å². The molecule has 0 aliphatic rings. The number of rotatable bonds is 5. The van der Waals surface area contributed by atoms with Crippen LogP contribution in [0.1, 0.15) is 16.1 Å². The largest absolute Gasteiger partial charge is 0.573 e. The van der Waals surface area contributed by atoms with E-state index in [0.717, 1.165) is 6.07 Å². The van der Waals surface area contributed by atoms with Gasteiger partial charge in [-0.3, -0.25) is 4.79 Å². The first-order valence-corrected chi connectivity index (χ1v) is 6.01. The molecule has 118 valence electrons. The molecule has 0 saturated heterocycles. The van der Waals surface area contributed by atoms with Gasteiger partial charge in [-0.25, -0.2) is 0 Å². The van der Waals surface area contributed by atoms with Gasteiger partial charge in [0, 0.05) is 12.1 Å². The molecule has 1 amide bonds. The van der Waals surface area contributed by atoms with Gasteiger partial charge in [0.2, 0.25) is 5.76 Å². The number of aromatic nitrogens is 1. The van der Waals surface area contributed by atoms with E-state index in [-0.39, 0.29) is 29.5 Å². The first kappa shape index (κ1) is 15.7. The minimum atomic E-state index is -4.81. The number of alkyl halides is 3. The first-order valence-electron chi connectivity index (χ1n) is 6.01. The third-order valence-electron chi connectivity index (χ3n) is 2.56. The summed E-state index contributed by atoms with van der Waals surface area (Å²) in [6, 6.07) is 6.75. The average molecular weight is 316 g/mol. The maximum atomic E-state index is 12.3. The van der Waals surface area contributed by atoms with Crippen LogP contribution in [0.4, 0.5) is 13.2 Å². The molecule has 9 heteroatoms. The Hall–Kier alpha value is -2.71. The van der Waals surface area contributed by atoms with Gasteiger partial charge in [-0.15, -0.1) is 13.2 Å². The van der Waals surface area contributed by atoms with Crippen molar-refractivity contribution in [3.05, 3.63) is 41.7 Å². The summed E-state index contributed by atoms with van der Waals surface area (Å²) >= 11 is 0. The molecule has 0 fully saturated rings. The maximum Gasteiger partial charge on any atom is 0.573 e. The number of nitrogens with zero attached hydrogens (tertiary/aromatic N) is 1. The van der Waals surface area contributed by atoms with Crippen LogP contribution >= 0.6 is 0 Å². The number of ether oxygens (including phenoxy) is 2. The van der Waals surface area contributed by atoms with Gasteiger partial charge in [0.15, 0.2) is 0 Å². The molecule has 0 radical (unpaired) electrons. The van der Waals surface area contributed by atoms with Crippen molar-refractivity contribution in [2.45, 2.75) is 12.9 Å². The van der Waals surface area contributed by atoms with Crippen LogP contribution in [0.2, 0.25) is 0 Å². The quantitative estimate of drug-likeness (QED) is 0.917. The molecule has 1 N–H and O–H groups in total. The number of benzene rings is 1. The molecule has 0 unspecified atom stereocenters. The van der Waals surface area contributed by atoms with Crippen LogP contribution in [0.3, 0.4) is 0 Å². The number of carbonyl (C=O) groups is 1. The summed E-state index contributed by atoms with van der Waals surface area (Å²) in [7, 11) is 1.35. The third-order valence-corrected chi connectivity index (χ3v) is 2.56. The lowest BCUT2D eigenvalue weighted by Gasteiger charge is -2.13. The Balaban J connectivity index is 2.03. The van der Waals surface area contributed by atoms with E-state index in [9.17, 15) is 18.0 Å². The van der Waals surface area contributed by atoms with Crippen LogP contribution in [0, 0.1) is 0 Å². The molecular weight excluding hydrogens is 305 g/mol. The second-order valence-corrected chi connectivity index (χ2v) is 4.07. The molecule has 1 heterocycles. The van der Waals surface area contributed by atoms with E-state index in [2.05, 4.69) is 15.2 Å². The SMILES string of the molecule is COc1cc(C(=O)NCc2ccccc2OC(F)(F)F)on1. The lowest BCUT2D eigenvalue weighted by molar-refractivity contribution is -0.274. The van der Waals surface area contributed by atoms with E-state index in [1.54, 1.807) is 0 Å². The number of hydrogen-bond donors (Lipinski definition) is 1. The fourth-order valence-electron chi connectivity index (χ4n) is 1.60. The molecule has 1 aromatic carbocycles. The highest BCUT2D eigenvalue weighted by Gasteiger charge is 2.32. The number of amides is 1. The van der Waals surface area contributed by atoms with Gasteiger partial charge < -0.3 is 19.3 Å². The Kier molecular flexibility index (Phi) is 4.54. The second-order valence-electron chi connectivity index (χ2n) is 4.07. The fourth-order valence-corrected chi connectivity index (χ4v) is 1.60. The van der Waals surface area contributed by atoms with Crippen LogP contribution in [0.15, 0.2) is 34.9 Å². The minimum absolute atomic E-state index is 0.117. The summed E-state index contributed by atoms with van der Waals surface area (Å²) in [4.78, 5) is 11.8. The molecule has 2 aromatic rings. The van der Waals surface area contributed by atoms with E-state index in [1.165, 1.54) is 31.4 Å².